The van der Waals surface area contributed by atoms with Gasteiger partial charge in [-0.1, -0.05) is 18.2 Å². The zero-order valence-electron chi connectivity index (χ0n) is 16.0. The second kappa shape index (κ2) is 9.78. The van der Waals surface area contributed by atoms with Crippen molar-refractivity contribution >= 4 is 5.91 Å². The van der Waals surface area contributed by atoms with Crippen LogP contribution in [0.3, 0.4) is 0 Å². The normalized spacial score (nSPS) is 18.6. The number of rotatable bonds is 8. The van der Waals surface area contributed by atoms with Crippen LogP contribution in [0.1, 0.15) is 44.7 Å². The van der Waals surface area contributed by atoms with Crippen molar-refractivity contribution in [2.75, 3.05) is 33.8 Å². The van der Waals surface area contributed by atoms with Gasteiger partial charge in [-0.15, -0.1) is 0 Å². The Morgan fingerprint density at radius 3 is 2.60 bits per heavy atom. The molecule has 5 nitrogen and oxygen atoms in total. The molecule has 2 unspecified atom stereocenters. The summed E-state index contributed by atoms with van der Waals surface area (Å²) in [4.78, 5) is 15.0. The third-order valence-electron chi connectivity index (χ3n) is 5.34. The van der Waals surface area contributed by atoms with Crippen molar-refractivity contribution in [2.45, 2.75) is 45.2 Å². The molecule has 1 saturated heterocycles. The second-order valence-electron chi connectivity index (χ2n) is 7.02. The molecule has 0 aromatic heterocycles. The first-order valence-electron chi connectivity index (χ1n) is 9.38. The van der Waals surface area contributed by atoms with E-state index in [0.29, 0.717) is 0 Å². The van der Waals surface area contributed by atoms with Gasteiger partial charge in [-0.05, 0) is 71.8 Å². The van der Waals surface area contributed by atoms with Crippen LogP contribution in [0, 0.1) is 5.92 Å². The van der Waals surface area contributed by atoms with Gasteiger partial charge in [0.2, 0.25) is 5.91 Å². The number of carbonyl (C=O) groups excluding carboxylic acids is 1. The lowest BCUT2D eigenvalue weighted by molar-refractivity contribution is -0.127. The van der Waals surface area contributed by atoms with E-state index in [1.165, 1.54) is 19.3 Å². The smallest absolute Gasteiger partial charge is 0.237 e. The van der Waals surface area contributed by atoms with Crippen LogP contribution in [0.5, 0.6) is 5.75 Å². The fraction of sp³-hybridized carbons (Fsp3) is 0.650. The standard InChI is InChI=1S/C20H33N3O2/c1-15(18-7-5-6-8-19(18)25-4)22-20(24)16(2)23-13-10-17(11-14-23)9-12-21-3/h5-8,15-17,21H,9-14H2,1-4H3,(H,22,24). The Morgan fingerprint density at radius 2 is 1.96 bits per heavy atom. The molecule has 1 aliphatic heterocycles. The van der Waals surface area contributed by atoms with Gasteiger partial charge >= 0.3 is 0 Å². The summed E-state index contributed by atoms with van der Waals surface area (Å²) in [6, 6.07) is 7.68. The summed E-state index contributed by atoms with van der Waals surface area (Å²) in [7, 11) is 3.67. The first kappa shape index (κ1) is 19.7. The molecule has 2 rings (SSSR count). The summed E-state index contributed by atoms with van der Waals surface area (Å²) < 4.78 is 5.40. The van der Waals surface area contributed by atoms with Crippen LogP contribution in [0.4, 0.5) is 0 Å². The van der Waals surface area contributed by atoms with E-state index in [2.05, 4.69) is 15.5 Å². The quantitative estimate of drug-likeness (QED) is 0.759. The second-order valence-corrected chi connectivity index (χ2v) is 7.02. The number of hydrogen-bond donors (Lipinski definition) is 2. The summed E-state index contributed by atoms with van der Waals surface area (Å²) in [5.41, 5.74) is 1.01. The van der Waals surface area contributed by atoms with Crippen LogP contribution in [-0.2, 0) is 4.79 Å². The van der Waals surface area contributed by atoms with E-state index in [9.17, 15) is 4.79 Å². The average molecular weight is 348 g/mol. The number of carbonyl (C=O) groups is 1. The first-order valence-corrected chi connectivity index (χ1v) is 9.38. The van der Waals surface area contributed by atoms with E-state index in [1.807, 2.05) is 45.2 Å². The van der Waals surface area contributed by atoms with E-state index >= 15 is 0 Å². The van der Waals surface area contributed by atoms with E-state index < -0.39 is 0 Å². The molecule has 0 spiro atoms. The molecule has 25 heavy (non-hydrogen) atoms. The van der Waals surface area contributed by atoms with Crippen LogP contribution in [-0.4, -0.2) is 50.6 Å². The van der Waals surface area contributed by atoms with E-state index in [4.69, 9.17) is 4.74 Å². The Morgan fingerprint density at radius 1 is 1.28 bits per heavy atom. The molecule has 0 radical (unpaired) electrons. The third kappa shape index (κ3) is 5.44. The number of para-hydroxylation sites is 1. The van der Waals surface area contributed by atoms with Crippen molar-refractivity contribution < 1.29 is 9.53 Å². The molecule has 0 aliphatic carbocycles. The maximum atomic E-state index is 12.7. The number of nitrogens with one attached hydrogen (secondary N) is 2. The topological polar surface area (TPSA) is 53.6 Å². The van der Waals surface area contributed by atoms with Crippen LogP contribution >= 0.6 is 0 Å². The van der Waals surface area contributed by atoms with Gasteiger partial charge in [0.25, 0.3) is 0 Å². The molecule has 1 aromatic carbocycles. The number of hydrogen-bond acceptors (Lipinski definition) is 4. The minimum Gasteiger partial charge on any atom is -0.496 e. The largest absolute Gasteiger partial charge is 0.496 e. The first-order chi connectivity index (χ1) is 12.1. The number of benzene rings is 1. The minimum absolute atomic E-state index is 0.0701. The van der Waals surface area contributed by atoms with Gasteiger partial charge in [0.05, 0.1) is 19.2 Å². The SMILES string of the molecule is CNCCC1CCN(C(C)C(=O)NC(C)c2ccccc2OC)CC1. The Hall–Kier alpha value is -1.59. The molecule has 0 saturated carbocycles. The maximum absolute atomic E-state index is 12.7. The van der Waals surface area contributed by atoms with Gasteiger partial charge in [0.15, 0.2) is 0 Å². The molecule has 2 atom stereocenters. The Balaban J connectivity index is 1.86. The van der Waals surface area contributed by atoms with E-state index in [0.717, 1.165) is 36.9 Å². The maximum Gasteiger partial charge on any atom is 0.237 e. The summed E-state index contributed by atoms with van der Waals surface area (Å²) in [6.07, 6.45) is 3.60. The number of ether oxygens (including phenoxy) is 1. The lowest BCUT2D eigenvalue weighted by Crippen LogP contribution is -2.48. The molecule has 1 aliphatic rings. The minimum atomic E-state index is -0.0950. The fourth-order valence-electron chi connectivity index (χ4n) is 3.58. The summed E-state index contributed by atoms with van der Waals surface area (Å²) in [5, 5.41) is 6.37. The average Bonchev–Trinajstić information content (AvgIpc) is 2.66. The summed E-state index contributed by atoms with van der Waals surface area (Å²) in [6.45, 7) is 7.11. The number of methoxy groups -OCH3 is 1. The van der Waals surface area contributed by atoms with Crippen molar-refractivity contribution in [3.8, 4) is 5.75 Å². The zero-order valence-corrected chi connectivity index (χ0v) is 16.0. The number of likely N-dealkylation sites (tertiary alicyclic amines) is 1. The van der Waals surface area contributed by atoms with Gasteiger partial charge in [-0.25, -0.2) is 0 Å². The van der Waals surface area contributed by atoms with E-state index in [-0.39, 0.29) is 18.0 Å². The highest BCUT2D eigenvalue weighted by Crippen LogP contribution is 2.25. The van der Waals surface area contributed by atoms with Crippen LogP contribution in [0.15, 0.2) is 24.3 Å². The van der Waals surface area contributed by atoms with Crippen molar-refractivity contribution in [3.05, 3.63) is 29.8 Å². The Labute approximate surface area is 152 Å². The van der Waals surface area contributed by atoms with Crippen LogP contribution in [0.25, 0.3) is 0 Å². The molecule has 0 bridgehead atoms. The third-order valence-corrected chi connectivity index (χ3v) is 5.34. The molecule has 5 heteroatoms. The number of amides is 1. The zero-order chi connectivity index (χ0) is 18.2. The highest BCUT2D eigenvalue weighted by atomic mass is 16.5. The monoisotopic (exact) mass is 347 g/mol. The van der Waals surface area contributed by atoms with Crippen LogP contribution in [0.2, 0.25) is 0 Å². The van der Waals surface area contributed by atoms with Gasteiger partial charge < -0.3 is 15.4 Å². The number of piperidine rings is 1. The van der Waals surface area contributed by atoms with Crippen LogP contribution < -0.4 is 15.4 Å². The molecular formula is C20H33N3O2. The highest BCUT2D eigenvalue weighted by Gasteiger charge is 2.27. The fourth-order valence-corrected chi connectivity index (χ4v) is 3.58. The molecule has 1 aromatic rings. The molecule has 2 N–H and O–H groups in total. The summed E-state index contributed by atoms with van der Waals surface area (Å²) in [5.74, 6) is 1.69. The molecule has 1 amide bonds. The lowest BCUT2D eigenvalue weighted by atomic mass is 9.92. The van der Waals surface area contributed by atoms with Crippen molar-refractivity contribution in [1.82, 2.24) is 15.5 Å². The Kier molecular flexibility index (Phi) is 7.72. The predicted octanol–water partition coefficient (Wildman–Crippen LogP) is 2.58. The molecule has 140 valence electrons. The molecule has 1 fully saturated rings. The molecule has 1 heterocycles. The Bertz CT molecular complexity index is 541. The van der Waals surface area contributed by atoms with E-state index in [1.54, 1.807) is 7.11 Å². The van der Waals surface area contributed by atoms with Gasteiger partial charge in [-0.3, -0.25) is 9.69 Å². The predicted molar refractivity (Wildman–Crippen MR) is 102 cm³/mol. The highest BCUT2D eigenvalue weighted by molar-refractivity contribution is 5.81. The van der Waals surface area contributed by atoms with Crippen molar-refractivity contribution in [3.63, 3.8) is 0 Å². The van der Waals surface area contributed by atoms with Crippen molar-refractivity contribution in [1.29, 1.82) is 0 Å². The summed E-state index contributed by atoms with van der Waals surface area (Å²) >= 11 is 0. The lowest BCUT2D eigenvalue weighted by Gasteiger charge is -2.35. The van der Waals surface area contributed by atoms with Gasteiger partial charge in [0.1, 0.15) is 5.75 Å². The van der Waals surface area contributed by atoms with Gasteiger partial charge in [-0.2, -0.15) is 0 Å². The molecular weight excluding hydrogens is 314 g/mol. The number of nitrogens with zero attached hydrogens (tertiary/aromatic N) is 1. The van der Waals surface area contributed by atoms with Crippen molar-refractivity contribution in [2.24, 2.45) is 5.92 Å². The van der Waals surface area contributed by atoms with Gasteiger partial charge in [0, 0.05) is 5.56 Å².